The van der Waals surface area contributed by atoms with E-state index in [1.54, 1.807) is 26.4 Å². The quantitative estimate of drug-likeness (QED) is 0.280. The average molecular weight is 530 g/mol. The van der Waals surface area contributed by atoms with Crippen molar-refractivity contribution in [2.45, 2.75) is 25.7 Å². The minimum Gasteiger partial charge on any atom is -0.434 e. The van der Waals surface area contributed by atoms with Gasteiger partial charge in [-0.05, 0) is 23.8 Å². The molecular formula is C24H25F2N7O5. The van der Waals surface area contributed by atoms with Crippen molar-refractivity contribution in [3.05, 3.63) is 60.2 Å². The van der Waals surface area contributed by atoms with Crippen molar-refractivity contribution in [2.24, 2.45) is 0 Å². The number of hydrogen-bond donors (Lipinski definition) is 3. The summed E-state index contributed by atoms with van der Waals surface area (Å²) in [7, 11) is 3.14. The molecule has 3 heterocycles. The number of fused-ring (bicyclic) bond motifs is 1. The van der Waals surface area contributed by atoms with Crippen LogP contribution in [0.4, 0.5) is 14.5 Å². The van der Waals surface area contributed by atoms with Crippen LogP contribution in [0, 0.1) is 0 Å². The Kier molecular flexibility index (Phi) is 7.93. The Labute approximate surface area is 215 Å². The van der Waals surface area contributed by atoms with E-state index in [9.17, 15) is 28.6 Å². The number of alkyl halides is 2. The fourth-order valence-electron chi connectivity index (χ4n) is 3.67. The van der Waals surface area contributed by atoms with Crippen LogP contribution in [0.15, 0.2) is 49.1 Å². The number of aliphatic hydroxyl groups is 2. The number of halogens is 2. The van der Waals surface area contributed by atoms with Gasteiger partial charge < -0.3 is 25.2 Å². The second-order valence-electron chi connectivity index (χ2n) is 8.53. The van der Waals surface area contributed by atoms with Gasteiger partial charge in [-0.1, -0.05) is 6.07 Å². The van der Waals surface area contributed by atoms with Gasteiger partial charge in [0.25, 0.3) is 5.91 Å². The molecule has 38 heavy (non-hydrogen) atoms. The van der Waals surface area contributed by atoms with E-state index in [0.29, 0.717) is 11.2 Å². The molecule has 14 heteroatoms. The number of aliphatic hydroxyl groups excluding tert-OH is 2. The van der Waals surface area contributed by atoms with Gasteiger partial charge in [0, 0.05) is 44.7 Å². The van der Waals surface area contributed by atoms with E-state index >= 15 is 0 Å². The minimum atomic E-state index is -3.15. The maximum absolute atomic E-state index is 13.2. The van der Waals surface area contributed by atoms with Crippen LogP contribution in [-0.2, 0) is 17.8 Å². The largest absolute Gasteiger partial charge is 0.434 e. The van der Waals surface area contributed by atoms with Gasteiger partial charge >= 0.3 is 6.61 Å². The Balaban J connectivity index is 1.79. The lowest BCUT2D eigenvalue weighted by Crippen LogP contribution is -2.26. The van der Waals surface area contributed by atoms with Crippen molar-refractivity contribution < 1.29 is 33.3 Å². The maximum atomic E-state index is 13.2. The van der Waals surface area contributed by atoms with Gasteiger partial charge in [0.15, 0.2) is 5.65 Å². The summed E-state index contributed by atoms with van der Waals surface area (Å²) in [6.45, 7) is -3.84. The molecule has 1 atom stereocenters. The first-order valence-corrected chi connectivity index (χ1v) is 11.4. The highest BCUT2D eigenvalue weighted by Crippen LogP contribution is 2.36. The normalized spacial score (nSPS) is 12.1. The van der Waals surface area contributed by atoms with E-state index in [1.165, 1.54) is 50.9 Å². The Bertz CT molecular complexity index is 1450. The number of rotatable bonds is 10. The van der Waals surface area contributed by atoms with E-state index < -0.39 is 25.2 Å². The van der Waals surface area contributed by atoms with Crippen LogP contribution in [0.2, 0.25) is 0 Å². The number of carbonyl (C=O) groups excluding carboxylic acids is 2. The highest BCUT2D eigenvalue weighted by Gasteiger charge is 2.23. The summed E-state index contributed by atoms with van der Waals surface area (Å²) < 4.78 is 33.9. The molecule has 4 aromatic rings. The lowest BCUT2D eigenvalue weighted by atomic mass is 10.0. The number of nitrogens with zero attached hydrogens (tertiary/aromatic N) is 6. The fraction of sp³-hybridized carbons (Fsp3) is 0.292. The predicted molar refractivity (Wildman–Crippen MR) is 131 cm³/mol. The van der Waals surface area contributed by atoms with E-state index in [2.05, 4.69) is 20.5 Å². The SMILES string of the molecule is CN(C)C(=O)Cn1cc(NC(=O)c2cnn3cccnc23)c(-c2cc(CC(O)CO)ccc2OC(F)F)n1. The number of amides is 2. The third-order valence-corrected chi connectivity index (χ3v) is 5.53. The molecule has 0 aliphatic heterocycles. The summed E-state index contributed by atoms with van der Waals surface area (Å²) in [5.41, 5.74) is 1.17. The van der Waals surface area contributed by atoms with Crippen molar-refractivity contribution in [3.8, 4) is 17.0 Å². The smallest absolute Gasteiger partial charge is 0.387 e. The third kappa shape index (κ3) is 5.92. The summed E-state index contributed by atoms with van der Waals surface area (Å²) in [6, 6.07) is 5.86. The predicted octanol–water partition coefficient (Wildman–Crippen LogP) is 1.43. The van der Waals surface area contributed by atoms with Crippen molar-refractivity contribution >= 4 is 23.1 Å². The highest BCUT2D eigenvalue weighted by atomic mass is 19.3. The molecule has 1 aromatic carbocycles. The van der Waals surface area contributed by atoms with Crippen LogP contribution in [-0.4, -0.2) is 84.7 Å². The molecule has 0 aliphatic carbocycles. The lowest BCUT2D eigenvalue weighted by molar-refractivity contribution is -0.129. The summed E-state index contributed by atoms with van der Waals surface area (Å²) in [5, 5.41) is 30.3. The minimum absolute atomic E-state index is 0.0219. The van der Waals surface area contributed by atoms with E-state index in [0.717, 1.165) is 0 Å². The number of likely N-dealkylation sites (N-methyl/N-ethyl adjacent to an activating group) is 1. The number of hydrogen-bond acceptors (Lipinski definition) is 8. The Morgan fingerprint density at radius 1 is 1.26 bits per heavy atom. The molecule has 0 bridgehead atoms. The van der Waals surface area contributed by atoms with E-state index in [4.69, 9.17) is 4.74 Å². The molecule has 2 amide bonds. The summed E-state index contributed by atoms with van der Waals surface area (Å²) in [4.78, 5) is 31.0. The number of anilines is 1. The zero-order valence-corrected chi connectivity index (χ0v) is 20.5. The summed E-state index contributed by atoms with van der Waals surface area (Å²) in [5.74, 6) is -1.13. The first-order chi connectivity index (χ1) is 18.2. The Morgan fingerprint density at radius 2 is 2.05 bits per heavy atom. The second kappa shape index (κ2) is 11.3. The average Bonchev–Trinajstić information content (AvgIpc) is 3.48. The number of benzene rings is 1. The molecule has 0 aliphatic rings. The van der Waals surface area contributed by atoms with Crippen molar-refractivity contribution in [1.29, 1.82) is 0 Å². The molecule has 3 aromatic heterocycles. The van der Waals surface area contributed by atoms with Crippen LogP contribution in [0.5, 0.6) is 5.75 Å². The zero-order chi connectivity index (χ0) is 27.4. The van der Waals surface area contributed by atoms with Gasteiger partial charge in [0.1, 0.15) is 23.6 Å². The maximum Gasteiger partial charge on any atom is 0.387 e. The topological polar surface area (TPSA) is 147 Å². The van der Waals surface area contributed by atoms with Crippen molar-refractivity contribution in [1.82, 2.24) is 29.3 Å². The third-order valence-electron chi connectivity index (χ3n) is 5.53. The van der Waals surface area contributed by atoms with E-state index in [1.807, 2.05) is 0 Å². The number of ether oxygens (including phenoxy) is 1. The summed E-state index contributed by atoms with van der Waals surface area (Å²) >= 11 is 0. The zero-order valence-electron chi connectivity index (χ0n) is 20.5. The molecular weight excluding hydrogens is 504 g/mol. The van der Waals surface area contributed by atoms with Gasteiger partial charge in [0.05, 0.1) is 24.6 Å². The first kappa shape index (κ1) is 26.6. The molecule has 12 nitrogen and oxygen atoms in total. The van der Waals surface area contributed by atoms with Gasteiger partial charge in [0.2, 0.25) is 5.91 Å². The van der Waals surface area contributed by atoms with Crippen molar-refractivity contribution in [2.75, 3.05) is 26.0 Å². The molecule has 1 unspecified atom stereocenters. The molecule has 200 valence electrons. The number of nitrogens with one attached hydrogen (secondary N) is 1. The molecule has 4 rings (SSSR count). The first-order valence-electron chi connectivity index (χ1n) is 11.4. The Hall–Kier alpha value is -4.43. The van der Waals surface area contributed by atoms with Crippen LogP contribution < -0.4 is 10.1 Å². The van der Waals surface area contributed by atoms with Crippen LogP contribution in [0.3, 0.4) is 0 Å². The van der Waals surface area contributed by atoms with Gasteiger partial charge in [-0.15, -0.1) is 0 Å². The fourth-order valence-corrected chi connectivity index (χ4v) is 3.67. The Morgan fingerprint density at radius 3 is 2.76 bits per heavy atom. The molecule has 0 fully saturated rings. The molecule has 3 N–H and O–H groups in total. The molecule has 0 radical (unpaired) electrons. The monoisotopic (exact) mass is 529 g/mol. The summed E-state index contributed by atoms with van der Waals surface area (Å²) in [6.07, 6.45) is 4.80. The van der Waals surface area contributed by atoms with Crippen LogP contribution in [0.1, 0.15) is 15.9 Å². The second-order valence-corrected chi connectivity index (χ2v) is 8.53. The number of carbonyl (C=O) groups is 2. The van der Waals surface area contributed by atoms with Gasteiger partial charge in [-0.25, -0.2) is 9.50 Å². The lowest BCUT2D eigenvalue weighted by Gasteiger charge is -2.14. The number of aromatic nitrogens is 5. The molecule has 0 saturated heterocycles. The van der Waals surface area contributed by atoms with Crippen LogP contribution >= 0.6 is 0 Å². The standard InChI is InChI=1S/C24H25F2N7O5/c1-31(2)20(36)12-32-11-18(29-23(37)17-10-28-33-7-3-6-27-22(17)33)21(30-32)16-9-14(8-15(35)13-34)4-5-19(16)38-24(25)26/h3-7,9-11,15,24,34-35H,8,12-13H2,1-2H3,(H,29,37). The van der Waals surface area contributed by atoms with E-state index in [-0.39, 0.29) is 47.1 Å². The highest BCUT2D eigenvalue weighted by molar-refractivity contribution is 6.09. The van der Waals surface area contributed by atoms with Crippen molar-refractivity contribution in [3.63, 3.8) is 0 Å². The molecule has 0 spiro atoms. The van der Waals surface area contributed by atoms with Gasteiger partial charge in [-0.3, -0.25) is 14.3 Å². The van der Waals surface area contributed by atoms with Crippen LogP contribution in [0.25, 0.3) is 16.9 Å². The molecule has 0 saturated carbocycles. The van der Waals surface area contributed by atoms with Gasteiger partial charge in [-0.2, -0.15) is 19.0 Å².